The van der Waals surface area contributed by atoms with Crippen molar-refractivity contribution in [3.05, 3.63) is 0 Å². The van der Waals surface area contributed by atoms with Gasteiger partial charge in [0.1, 0.15) is 0 Å². The van der Waals surface area contributed by atoms with Crippen LogP contribution in [0.2, 0.25) is 0 Å². The monoisotopic (exact) mass is 198 g/mol. The van der Waals surface area contributed by atoms with Crippen LogP contribution < -0.4 is 5.32 Å². The van der Waals surface area contributed by atoms with Gasteiger partial charge in [-0.3, -0.25) is 4.90 Å². The minimum Gasteiger partial charge on any atom is -0.396 e. The predicted molar refractivity (Wildman–Crippen MR) is 57.3 cm³/mol. The van der Waals surface area contributed by atoms with Gasteiger partial charge in [0.05, 0.1) is 0 Å². The van der Waals surface area contributed by atoms with Gasteiger partial charge in [-0.15, -0.1) is 0 Å². The van der Waals surface area contributed by atoms with Crippen LogP contribution in [0, 0.1) is 0 Å². The zero-order valence-electron chi connectivity index (χ0n) is 8.91. The summed E-state index contributed by atoms with van der Waals surface area (Å²) in [5.74, 6) is 0. The smallest absolute Gasteiger partial charge is 0.0446 e. The minimum atomic E-state index is 0.329. The van der Waals surface area contributed by atoms with Gasteiger partial charge in [-0.2, -0.15) is 0 Å². The summed E-state index contributed by atoms with van der Waals surface area (Å²) in [5, 5.41) is 12.4. The van der Waals surface area contributed by atoms with Gasteiger partial charge < -0.3 is 10.4 Å². The lowest BCUT2D eigenvalue weighted by molar-refractivity contribution is 0.0881. The number of rotatable bonds is 3. The van der Waals surface area contributed by atoms with E-state index in [1.807, 2.05) is 0 Å². The van der Waals surface area contributed by atoms with Gasteiger partial charge >= 0.3 is 0 Å². The van der Waals surface area contributed by atoms with E-state index in [0.717, 1.165) is 25.6 Å². The Hall–Kier alpha value is -0.120. The predicted octanol–water partition coefficient (Wildman–Crippen LogP) is 0.585. The van der Waals surface area contributed by atoms with Gasteiger partial charge in [0.2, 0.25) is 0 Å². The summed E-state index contributed by atoms with van der Waals surface area (Å²) in [6.45, 7) is 3.69. The molecule has 1 saturated carbocycles. The number of hydrogen-bond donors (Lipinski definition) is 2. The van der Waals surface area contributed by atoms with Gasteiger partial charge in [-0.1, -0.05) is 12.8 Å². The van der Waals surface area contributed by atoms with Crippen molar-refractivity contribution in [2.24, 2.45) is 0 Å². The summed E-state index contributed by atoms with van der Waals surface area (Å²) in [6, 6.07) is 1.39. The second kappa shape index (κ2) is 5.10. The molecule has 0 spiro atoms. The third-order valence-electron chi connectivity index (χ3n) is 3.65. The van der Waals surface area contributed by atoms with E-state index in [9.17, 15) is 0 Å². The van der Waals surface area contributed by atoms with Crippen LogP contribution in [0.1, 0.15) is 32.1 Å². The van der Waals surface area contributed by atoms with E-state index in [1.54, 1.807) is 0 Å². The summed E-state index contributed by atoms with van der Waals surface area (Å²) in [6.07, 6.45) is 6.49. The molecule has 2 rings (SSSR count). The molecule has 2 fully saturated rings. The molecular weight excluding hydrogens is 176 g/mol. The quantitative estimate of drug-likeness (QED) is 0.696. The van der Waals surface area contributed by atoms with Crippen molar-refractivity contribution in [2.75, 3.05) is 26.2 Å². The first-order valence-electron chi connectivity index (χ1n) is 5.99. The summed E-state index contributed by atoms with van der Waals surface area (Å²) < 4.78 is 0. The number of aliphatic hydroxyl groups excluding tert-OH is 1. The molecule has 0 amide bonds. The molecule has 2 aliphatic rings. The largest absolute Gasteiger partial charge is 0.396 e. The maximum Gasteiger partial charge on any atom is 0.0446 e. The van der Waals surface area contributed by atoms with Crippen LogP contribution >= 0.6 is 0 Å². The van der Waals surface area contributed by atoms with Crippen LogP contribution in [-0.4, -0.2) is 48.3 Å². The molecule has 82 valence electrons. The van der Waals surface area contributed by atoms with E-state index >= 15 is 0 Å². The lowest BCUT2D eigenvalue weighted by Crippen LogP contribution is -2.54. The lowest BCUT2D eigenvalue weighted by Gasteiger charge is -2.40. The molecule has 0 aromatic heterocycles. The normalized spacial score (nSPS) is 31.1. The first-order valence-corrected chi connectivity index (χ1v) is 5.99. The van der Waals surface area contributed by atoms with Gasteiger partial charge in [-0.05, 0) is 19.3 Å². The van der Waals surface area contributed by atoms with E-state index in [1.165, 1.54) is 32.2 Å². The highest BCUT2D eigenvalue weighted by Crippen LogP contribution is 2.26. The molecule has 3 nitrogen and oxygen atoms in total. The first kappa shape index (κ1) is 10.4. The molecular formula is C11H22N2O. The molecule has 1 aliphatic heterocycles. The maximum absolute atomic E-state index is 9.02. The highest BCUT2D eigenvalue weighted by atomic mass is 16.3. The highest BCUT2D eigenvalue weighted by molar-refractivity contribution is 4.87. The number of piperazine rings is 1. The highest BCUT2D eigenvalue weighted by Gasteiger charge is 2.29. The van der Waals surface area contributed by atoms with Crippen LogP contribution in [0.3, 0.4) is 0 Å². The minimum absolute atomic E-state index is 0.329. The van der Waals surface area contributed by atoms with Crippen molar-refractivity contribution >= 4 is 0 Å². The molecule has 14 heavy (non-hydrogen) atoms. The van der Waals surface area contributed by atoms with Gasteiger partial charge in [0, 0.05) is 38.3 Å². The Morgan fingerprint density at radius 3 is 2.79 bits per heavy atom. The van der Waals surface area contributed by atoms with Crippen molar-refractivity contribution in [1.29, 1.82) is 0 Å². The molecule has 0 bridgehead atoms. The molecule has 1 aliphatic carbocycles. The fraction of sp³-hybridized carbons (Fsp3) is 1.00. The Morgan fingerprint density at radius 1 is 1.29 bits per heavy atom. The van der Waals surface area contributed by atoms with Crippen LogP contribution in [0.4, 0.5) is 0 Å². The Kier molecular flexibility index (Phi) is 3.79. The van der Waals surface area contributed by atoms with Crippen molar-refractivity contribution in [3.63, 3.8) is 0 Å². The molecule has 1 saturated heterocycles. The SMILES string of the molecule is OCCC1CNCCN1C1CCCC1. The van der Waals surface area contributed by atoms with Crippen LogP contribution in [0.5, 0.6) is 0 Å². The van der Waals surface area contributed by atoms with E-state index in [2.05, 4.69) is 10.2 Å². The third kappa shape index (κ3) is 2.27. The van der Waals surface area contributed by atoms with Crippen LogP contribution in [-0.2, 0) is 0 Å². The summed E-state index contributed by atoms with van der Waals surface area (Å²) >= 11 is 0. The van der Waals surface area contributed by atoms with Crippen molar-refractivity contribution < 1.29 is 5.11 Å². The summed E-state index contributed by atoms with van der Waals surface area (Å²) in [4.78, 5) is 2.64. The molecule has 0 aromatic rings. The molecule has 2 N–H and O–H groups in total. The molecule has 0 aromatic carbocycles. The standard InChI is InChI=1S/C11H22N2O/c14-8-5-11-9-12-6-7-13(11)10-3-1-2-4-10/h10-12,14H,1-9H2. The van der Waals surface area contributed by atoms with Crippen molar-refractivity contribution in [3.8, 4) is 0 Å². The first-order chi connectivity index (χ1) is 6.92. The number of aliphatic hydroxyl groups is 1. The molecule has 1 unspecified atom stereocenters. The average Bonchev–Trinajstić information content (AvgIpc) is 2.72. The maximum atomic E-state index is 9.02. The average molecular weight is 198 g/mol. The van der Waals surface area contributed by atoms with E-state index < -0.39 is 0 Å². The Bertz CT molecular complexity index is 167. The Balaban J connectivity index is 1.91. The molecule has 3 heteroatoms. The molecule has 1 heterocycles. The Labute approximate surface area is 86.5 Å². The topological polar surface area (TPSA) is 35.5 Å². The number of hydrogen-bond acceptors (Lipinski definition) is 3. The van der Waals surface area contributed by atoms with Crippen molar-refractivity contribution in [2.45, 2.75) is 44.2 Å². The zero-order chi connectivity index (χ0) is 9.80. The van der Waals surface area contributed by atoms with Gasteiger partial charge in [-0.25, -0.2) is 0 Å². The summed E-state index contributed by atoms with van der Waals surface area (Å²) in [7, 11) is 0. The van der Waals surface area contributed by atoms with Crippen LogP contribution in [0.15, 0.2) is 0 Å². The number of nitrogens with zero attached hydrogens (tertiary/aromatic N) is 1. The second-order valence-electron chi connectivity index (χ2n) is 4.55. The zero-order valence-corrected chi connectivity index (χ0v) is 8.91. The molecule has 0 radical (unpaired) electrons. The third-order valence-corrected chi connectivity index (χ3v) is 3.65. The lowest BCUT2D eigenvalue weighted by atomic mass is 10.1. The molecule has 1 atom stereocenters. The van der Waals surface area contributed by atoms with E-state index in [-0.39, 0.29) is 0 Å². The fourth-order valence-corrected chi connectivity index (χ4v) is 2.91. The fourth-order valence-electron chi connectivity index (χ4n) is 2.91. The Morgan fingerprint density at radius 2 is 2.07 bits per heavy atom. The second-order valence-corrected chi connectivity index (χ2v) is 4.55. The number of nitrogens with one attached hydrogen (secondary N) is 1. The van der Waals surface area contributed by atoms with E-state index in [4.69, 9.17) is 5.11 Å². The van der Waals surface area contributed by atoms with Crippen molar-refractivity contribution in [1.82, 2.24) is 10.2 Å². The van der Waals surface area contributed by atoms with Gasteiger partial charge in [0.15, 0.2) is 0 Å². The van der Waals surface area contributed by atoms with Crippen LogP contribution in [0.25, 0.3) is 0 Å². The van der Waals surface area contributed by atoms with E-state index in [0.29, 0.717) is 12.6 Å². The van der Waals surface area contributed by atoms with Gasteiger partial charge in [0.25, 0.3) is 0 Å². The summed E-state index contributed by atoms with van der Waals surface area (Å²) in [5.41, 5.74) is 0.